The number of halogens is 1. The third-order valence-electron chi connectivity index (χ3n) is 10.5. The zero-order valence-electron chi connectivity index (χ0n) is 23.3. The second kappa shape index (κ2) is 11.9. The topological polar surface area (TPSA) is 35.5 Å². The molecule has 6 rings (SSSR count). The van der Waals surface area contributed by atoms with Crippen molar-refractivity contribution in [3.8, 4) is 0 Å². The Morgan fingerprint density at radius 3 is 1.97 bits per heavy atom. The van der Waals surface area contributed by atoms with Crippen LogP contribution in [0, 0.1) is 5.92 Å². The van der Waals surface area contributed by atoms with E-state index >= 15 is 0 Å². The van der Waals surface area contributed by atoms with E-state index in [4.69, 9.17) is 21.1 Å². The van der Waals surface area contributed by atoms with Gasteiger partial charge in [-0.3, -0.25) is 0 Å². The number of carbonyl (C=O) groups is 1. The molecule has 2 bridgehead atoms. The molecule has 3 atom stereocenters. The Morgan fingerprint density at radius 2 is 1.41 bits per heavy atom. The first kappa shape index (κ1) is 27.3. The average Bonchev–Trinajstić information content (AvgIpc) is 3.70. The Labute approximate surface area is 239 Å². The number of alkyl halides is 1. The molecule has 39 heavy (non-hydrogen) atoms. The largest absolute Gasteiger partial charge is 0.459 e. The predicted octanol–water partition coefficient (Wildman–Crippen LogP) is 7.72. The van der Waals surface area contributed by atoms with Gasteiger partial charge >= 0.3 is 5.97 Å². The minimum atomic E-state index is -1.39. The highest BCUT2D eigenvalue weighted by atomic mass is 35.5. The summed E-state index contributed by atoms with van der Waals surface area (Å²) in [5.41, 5.74) is -0.409. The van der Waals surface area contributed by atoms with Gasteiger partial charge in [-0.15, -0.1) is 0 Å². The lowest BCUT2D eigenvalue weighted by Crippen LogP contribution is -2.60. The van der Waals surface area contributed by atoms with Crippen LogP contribution in [0.3, 0.4) is 0 Å². The van der Waals surface area contributed by atoms with E-state index in [0.717, 1.165) is 42.7 Å². The normalized spacial score (nSPS) is 27.2. The van der Waals surface area contributed by atoms with Crippen molar-refractivity contribution in [3.05, 3.63) is 71.8 Å². The summed E-state index contributed by atoms with van der Waals surface area (Å²) in [7, 11) is 0. The minimum absolute atomic E-state index is 0.0640. The molecule has 3 saturated heterocycles. The van der Waals surface area contributed by atoms with E-state index in [9.17, 15) is 4.79 Å². The Hall–Kier alpha value is -1.88. The molecule has 5 heteroatoms. The van der Waals surface area contributed by atoms with E-state index < -0.39 is 11.2 Å². The monoisotopic (exact) mass is 550 g/mol. The molecule has 3 heterocycles. The second-order valence-corrected chi connectivity index (χ2v) is 13.2. The summed E-state index contributed by atoms with van der Waals surface area (Å²) < 4.78 is 14.5. The van der Waals surface area contributed by atoms with Crippen LogP contribution in [0.2, 0.25) is 0 Å². The third-order valence-corrected chi connectivity index (χ3v) is 10.8. The molecule has 4 aliphatic rings. The molecule has 1 aliphatic carbocycles. The molecular weight excluding hydrogens is 506 g/mol. The average molecular weight is 551 g/mol. The quantitative estimate of drug-likeness (QED) is 0.172. The summed E-state index contributed by atoms with van der Waals surface area (Å²) >= 11 is 6.94. The lowest BCUT2D eigenvalue weighted by molar-refractivity contribution is -0.956. The molecule has 0 amide bonds. The summed E-state index contributed by atoms with van der Waals surface area (Å²) in [6.07, 6.45) is 15.4. The number of rotatable bonds is 10. The second-order valence-electron chi connectivity index (χ2n) is 12.7. The van der Waals surface area contributed by atoms with E-state index in [1.807, 2.05) is 60.7 Å². The van der Waals surface area contributed by atoms with Gasteiger partial charge in [0, 0.05) is 38.5 Å². The van der Waals surface area contributed by atoms with Crippen molar-refractivity contribution >= 4 is 17.6 Å². The Bertz CT molecular complexity index is 1020. The fourth-order valence-electron chi connectivity index (χ4n) is 8.59. The number of carbonyl (C=O) groups excluding carboxylic acids is 1. The lowest BCUT2D eigenvalue weighted by Gasteiger charge is -2.47. The highest BCUT2D eigenvalue weighted by molar-refractivity contribution is 6.19. The van der Waals surface area contributed by atoms with Gasteiger partial charge < -0.3 is 14.0 Å². The van der Waals surface area contributed by atoms with Crippen LogP contribution in [-0.2, 0) is 19.9 Å². The Balaban J connectivity index is 1.25. The minimum Gasteiger partial charge on any atom is -0.459 e. The maximum absolute atomic E-state index is 14.5. The number of hydrogen-bond acceptors (Lipinski definition) is 3. The molecule has 0 N–H and O–H groups in total. The van der Waals surface area contributed by atoms with Crippen molar-refractivity contribution < 1.29 is 18.8 Å². The highest BCUT2D eigenvalue weighted by Gasteiger charge is 2.57. The SMILES string of the molecule is O=C(OC1CC2CCC(C1)[N+]21CCCC1)C(OC(Cl)CCCC1CCCC1)(c1ccccc1)c1ccccc1. The van der Waals surface area contributed by atoms with Crippen LogP contribution in [0.1, 0.15) is 94.6 Å². The fourth-order valence-corrected chi connectivity index (χ4v) is 8.88. The Morgan fingerprint density at radius 1 is 0.846 bits per heavy atom. The van der Waals surface area contributed by atoms with Gasteiger partial charge in [-0.25, -0.2) is 4.79 Å². The van der Waals surface area contributed by atoms with E-state index in [2.05, 4.69) is 0 Å². The van der Waals surface area contributed by atoms with Gasteiger partial charge in [0.1, 0.15) is 11.7 Å². The molecule has 3 aliphatic heterocycles. The molecular formula is C34H45ClNO3+. The van der Waals surface area contributed by atoms with E-state index in [1.54, 1.807) is 0 Å². The summed E-state index contributed by atoms with van der Waals surface area (Å²) in [6.45, 7) is 2.62. The van der Waals surface area contributed by atoms with Crippen LogP contribution in [-0.4, -0.2) is 47.3 Å². The summed E-state index contributed by atoms with van der Waals surface area (Å²) in [6, 6.07) is 21.0. The van der Waals surface area contributed by atoms with Crippen LogP contribution in [0.15, 0.2) is 60.7 Å². The predicted molar refractivity (Wildman–Crippen MR) is 155 cm³/mol. The van der Waals surface area contributed by atoms with E-state index in [0.29, 0.717) is 12.1 Å². The van der Waals surface area contributed by atoms with Gasteiger partial charge in [-0.2, -0.15) is 0 Å². The molecule has 3 unspecified atom stereocenters. The molecule has 0 radical (unpaired) electrons. The number of piperidine rings is 1. The van der Waals surface area contributed by atoms with Crippen molar-refractivity contribution in [1.29, 1.82) is 0 Å². The summed E-state index contributed by atoms with van der Waals surface area (Å²) in [5, 5.41) is 0. The molecule has 4 nitrogen and oxygen atoms in total. The molecule has 4 fully saturated rings. The van der Waals surface area contributed by atoms with Gasteiger partial charge in [0.25, 0.3) is 0 Å². The van der Waals surface area contributed by atoms with Crippen molar-refractivity contribution in [2.75, 3.05) is 13.1 Å². The van der Waals surface area contributed by atoms with Crippen LogP contribution >= 0.6 is 11.6 Å². The number of benzene rings is 2. The molecule has 1 spiro atoms. The van der Waals surface area contributed by atoms with Crippen molar-refractivity contribution in [3.63, 3.8) is 0 Å². The molecule has 0 aromatic heterocycles. The van der Waals surface area contributed by atoms with Gasteiger partial charge in [-0.1, -0.05) is 104 Å². The fraction of sp³-hybridized carbons (Fsp3) is 0.618. The van der Waals surface area contributed by atoms with Crippen LogP contribution < -0.4 is 0 Å². The Kier molecular flexibility index (Phi) is 8.35. The van der Waals surface area contributed by atoms with Crippen molar-refractivity contribution in [2.24, 2.45) is 5.92 Å². The molecule has 210 valence electrons. The third kappa shape index (κ3) is 5.42. The van der Waals surface area contributed by atoms with Crippen LogP contribution in [0.5, 0.6) is 0 Å². The van der Waals surface area contributed by atoms with Crippen LogP contribution in [0.25, 0.3) is 0 Å². The number of ether oxygens (including phenoxy) is 2. The zero-order chi connectivity index (χ0) is 26.7. The van der Waals surface area contributed by atoms with E-state index in [1.165, 1.54) is 75.4 Å². The first-order valence-corrected chi connectivity index (χ1v) is 16.0. The van der Waals surface area contributed by atoms with Gasteiger partial charge in [0.05, 0.1) is 25.2 Å². The number of esters is 1. The standard InChI is InChI=1S/C34H45ClNO3/c35-32(19-11-14-26-12-7-8-13-26)39-34(27-15-3-1-4-16-27,28-17-5-2-6-18-28)33(37)38-31-24-29-20-21-30(25-31)36(29)22-9-10-23-36/h1-6,15-18,26,29-32H,7-14,19-25H2/q+1. The van der Waals surface area contributed by atoms with E-state index in [-0.39, 0.29) is 12.1 Å². The molecule has 1 saturated carbocycles. The van der Waals surface area contributed by atoms with Gasteiger partial charge in [0.2, 0.25) is 5.60 Å². The summed E-state index contributed by atoms with van der Waals surface area (Å²) in [4.78, 5) is 14.5. The first-order chi connectivity index (χ1) is 19.1. The maximum Gasteiger partial charge on any atom is 0.348 e. The van der Waals surface area contributed by atoms with Crippen LogP contribution in [0.4, 0.5) is 0 Å². The van der Waals surface area contributed by atoms with Crippen molar-refractivity contribution in [1.82, 2.24) is 0 Å². The van der Waals surface area contributed by atoms with Gasteiger partial charge in [0.15, 0.2) is 0 Å². The molecule has 2 aromatic rings. The van der Waals surface area contributed by atoms with Gasteiger partial charge in [-0.05, 0) is 29.9 Å². The highest BCUT2D eigenvalue weighted by Crippen LogP contribution is 2.47. The number of nitrogens with zero attached hydrogens (tertiary/aromatic N) is 1. The zero-order valence-corrected chi connectivity index (χ0v) is 24.1. The maximum atomic E-state index is 14.5. The molecule has 2 aromatic carbocycles. The summed E-state index contributed by atoms with van der Waals surface area (Å²) in [5.74, 6) is 0.496. The van der Waals surface area contributed by atoms with Crippen molar-refractivity contribution in [2.45, 2.75) is 113 Å². The number of hydrogen-bond donors (Lipinski definition) is 0. The lowest BCUT2D eigenvalue weighted by atomic mass is 9.85. The first-order valence-electron chi connectivity index (χ1n) is 15.6. The smallest absolute Gasteiger partial charge is 0.348 e. The number of quaternary nitrogens is 1.